The van der Waals surface area contributed by atoms with Gasteiger partial charge in [0, 0.05) is 18.1 Å². The number of aliphatic hydroxyl groups excluding tert-OH is 1. The van der Waals surface area contributed by atoms with Crippen LogP contribution in [0.15, 0.2) is 42.0 Å². The molecule has 1 aliphatic rings. The molecule has 1 saturated heterocycles. The molecule has 1 amide bonds. The Kier molecular flexibility index (Phi) is 6.96. The SMILES string of the molecule is COc1ccc(C2/C(=C(\O)c3cc(Cl)ccc3O)C(=O)C(=O)N2CCN(C)C)cc1OC. The molecular formula is C23H25ClN2O6. The molecule has 1 heterocycles. The quantitative estimate of drug-likeness (QED) is 0.372. The number of halogens is 1. The molecule has 0 radical (unpaired) electrons. The number of amides is 1. The molecule has 0 spiro atoms. The maximum atomic E-state index is 13.0. The number of carbonyl (C=O) groups excluding carboxylic acids is 2. The number of hydrogen-bond acceptors (Lipinski definition) is 7. The number of benzene rings is 2. The summed E-state index contributed by atoms with van der Waals surface area (Å²) in [5, 5.41) is 21.6. The minimum atomic E-state index is -0.895. The number of ketones is 1. The molecule has 1 fully saturated rings. The van der Waals surface area contributed by atoms with Gasteiger partial charge in [-0.15, -0.1) is 0 Å². The van der Waals surface area contributed by atoms with Crippen molar-refractivity contribution in [3.05, 3.63) is 58.1 Å². The van der Waals surface area contributed by atoms with E-state index in [1.165, 1.54) is 37.3 Å². The Morgan fingerprint density at radius 1 is 1.09 bits per heavy atom. The molecule has 0 aromatic heterocycles. The second kappa shape index (κ2) is 9.50. The number of Topliss-reactive ketones (excluding diaryl/α,β-unsaturated/α-hetero) is 1. The molecule has 1 atom stereocenters. The Morgan fingerprint density at radius 2 is 1.78 bits per heavy atom. The van der Waals surface area contributed by atoms with Gasteiger partial charge < -0.3 is 29.5 Å². The van der Waals surface area contributed by atoms with Gasteiger partial charge in [-0.1, -0.05) is 17.7 Å². The molecule has 2 aromatic rings. The molecule has 0 bridgehead atoms. The predicted molar refractivity (Wildman–Crippen MR) is 120 cm³/mol. The van der Waals surface area contributed by atoms with E-state index in [1.54, 1.807) is 18.2 Å². The Morgan fingerprint density at radius 3 is 2.41 bits per heavy atom. The number of likely N-dealkylation sites (tertiary alicyclic amines) is 1. The summed E-state index contributed by atoms with van der Waals surface area (Å²) in [6.07, 6.45) is 0. The largest absolute Gasteiger partial charge is 0.507 e. The van der Waals surface area contributed by atoms with Crippen LogP contribution in [0.3, 0.4) is 0 Å². The van der Waals surface area contributed by atoms with Crippen molar-refractivity contribution in [3.8, 4) is 17.2 Å². The molecule has 3 rings (SSSR count). The van der Waals surface area contributed by atoms with Gasteiger partial charge >= 0.3 is 0 Å². The summed E-state index contributed by atoms with van der Waals surface area (Å²) in [5.74, 6) is -1.47. The standard InChI is InChI=1S/C23H25ClN2O6/c1-25(2)9-10-26-20(13-5-8-17(31-3)18(11-13)32-4)19(22(29)23(26)30)21(28)15-12-14(24)6-7-16(15)27/h5-8,11-12,20,27-28H,9-10H2,1-4H3/b21-19+. The smallest absolute Gasteiger partial charge is 0.295 e. The number of phenols is 1. The number of ether oxygens (including phenoxy) is 2. The van der Waals surface area contributed by atoms with Gasteiger partial charge in [-0.25, -0.2) is 0 Å². The lowest BCUT2D eigenvalue weighted by Crippen LogP contribution is -2.35. The van der Waals surface area contributed by atoms with Crippen LogP contribution in [0.2, 0.25) is 5.02 Å². The monoisotopic (exact) mass is 460 g/mol. The number of rotatable bonds is 7. The number of carbonyl (C=O) groups is 2. The maximum Gasteiger partial charge on any atom is 0.295 e. The van der Waals surface area contributed by atoms with Crippen molar-refractivity contribution >= 4 is 29.1 Å². The van der Waals surface area contributed by atoms with Crippen LogP contribution < -0.4 is 9.47 Å². The van der Waals surface area contributed by atoms with Crippen LogP contribution in [0.25, 0.3) is 5.76 Å². The topological polar surface area (TPSA) is 99.5 Å². The summed E-state index contributed by atoms with van der Waals surface area (Å²) in [6, 6.07) is 8.23. The molecule has 0 aliphatic carbocycles. The Labute approximate surface area is 191 Å². The maximum absolute atomic E-state index is 13.0. The first-order valence-electron chi connectivity index (χ1n) is 9.83. The highest BCUT2D eigenvalue weighted by molar-refractivity contribution is 6.46. The summed E-state index contributed by atoms with van der Waals surface area (Å²) in [4.78, 5) is 29.3. The van der Waals surface area contributed by atoms with Gasteiger partial charge in [-0.3, -0.25) is 9.59 Å². The molecule has 32 heavy (non-hydrogen) atoms. The molecule has 0 saturated carbocycles. The van der Waals surface area contributed by atoms with Gasteiger partial charge in [0.25, 0.3) is 11.7 Å². The lowest BCUT2D eigenvalue weighted by atomic mass is 9.94. The van der Waals surface area contributed by atoms with Crippen molar-refractivity contribution in [2.24, 2.45) is 0 Å². The average Bonchev–Trinajstić information content (AvgIpc) is 3.03. The number of aromatic hydroxyl groups is 1. The third-order valence-corrected chi connectivity index (χ3v) is 5.50. The number of nitrogens with zero attached hydrogens (tertiary/aromatic N) is 2. The van der Waals surface area contributed by atoms with Crippen molar-refractivity contribution < 1.29 is 29.3 Å². The van der Waals surface area contributed by atoms with Crippen molar-refractivity contribution in [1.29, 1.82) is 0 Å². The summed E-state index contributed by atoms with van der Waals surface area (Å²) in [5.41, 5.74) is 0.371. The van der Waals surface area contributed by atoms with Crippen molar-refractivity contribution in [1.82, 2.24) is 9.80 Å². The van der Waals surface area contributed by atoms with E-state index in [1.807, 2.05) is 19.0 Å². The Balaban J connectivity index is 2.23. The number of phenolic OH excluding ortho intramolecular Hbond substituents is 1. The lowest BCUT2D eigenvalue weighted by molar-refractivity contribution is -0.140. The fourth-order valence-corrected chi connectivity index (χ4v) is 3.80. The predicted octanol–water partition coefficient (Wildman–Crippen LogP) is 3.05. The van der Waals surface area contributed by atoms with E-state index in [0.29, 0.717) is 23.6 Å². The number of hydrogen-bond donors (Lipinski definition) is 2. The highest BCUT2D eigenvalue weighted by atomic mass is 35.5. The first-order chi connectivity index (χ1) is 15.2. The first kappa shape index (κ1) is 23.4. The van der Waals surface area contributed by atoms with Gasteiger partial charge in [0.05, 0.1) is 31.4 Å². The normalized spacial score (nSPS) is 17.8. The van der Waals surface area contributed by atoms with Crippen molar-refractivity contribution in [2.75, 3.05) is 41.4 Å². The number of likely N-dealkylation sites (N-methyl/N-ethyl adjacent to an activating group) is 1. The molecule has 9 heteroatoms. The third-order valence-electron chi connectivity index (χ3n) is 5.27. The first-order valence-corrected chi connectivity index (χ1v) is 10.2. The molecule has 1 aliphatic heterocycles. The molecule has 8 nitrogen and oxygen atoms in total. The summed E-state index contributed by atoms with van der Waals surface area (Å²) in [6.45, 7) is 0.744. The molecule has 170 valence electrons. The van der Waals surface area contributed by atoms with E-state index in [2.05, 4.69) is 0 Å². The van der Waals surface area contributed by atoms with E-state index in [-0.39, 0.29) is 28.5 Å². The van der Waals surface area contributed by atoms with E-state index in [0.717, 1.165) is 0 Å². The van der Waals surface area contributed by atoms with E-state index in [4.69, 9.17) is 21.1 Å². The molecule has 2 N–H and O–H groups in total. The zero-order valence-corrected chi connectivity index (χ0v) is 19.0. The van der Waals surface area contributed by atoms with Gasteiger partial charge in [0.15, 0.2) is 11.5 Å². The van der Waals surface area contributed by atoms with Crippen molar-refractivity contribution in [3.63, 3.8) is 0 Å². The van der Waals surface area contributed by atoms with Crippen LogP contribution in [0.1, 0.15) is 17.2 Å². The zero-order valence-electron chi connectivity index (χ0n) is 18.3. The molecular weight excluding hydrogens is 436 g/mol. The number of methoxy groups -OCH3 is 2. The fourth-order valence-electron chi connectivity index (χ4n) is 3.63. The van der Waals surface area contributed by atoms with Gasteiger partial charge in [-0.2, -0.15) is 0 Å². The minimum Gasteiger partial charge on any atom is -0.507 e. The molecule has 1 unspecified atom stereocenters. The van der Waals surface area contributed by atoms with Gasteiger partial charge in [-0.05, 0) is 50.0 Å². The van der Waals surface area contributed by atoms with Crippen LogP contribution in [0, 0.1) is 0 Å². The number of aliphatic hydroxyl groups is 1. The van der Waals surface area contributed by atoms with E-state index >= 15 is 0 Å². The van der Waals surface area contributed by atoms with Crippen LogP contribution in [0.5, 0.6) is 17.2 Å². The van der Waals surface area contributed by atoms with E-state index in [9.17, 15) is 19.8 Å². The van der Waals surface area contributed by atoms with Crippen LogP contribution in [-0.4, -0.2) is 73.1 Å². The summed E-state index contributed by atoms with van der Waals surface area (Å²) >= 11 is 6.03. The van der Waals surface area contributed by atoms with Gasteiger partial charge in [0.2, 0.25) is 0 Å². The highest BCUT2D eigenvalue weighted by Crippen LogP contribution is 2.43. The Hall–Kier alpha value is -3.23. The lowest BCUT2D eigenvalue weighted by Gasteiger charge is -2.27. The second-order valence-corrected chi connectivity index (χ2v) is 8.01. The van der Waals surface area contributed by atoms with Crippen LogP contribution >= 0.6 is 11.6 Å². The molecule has 2 aromatic carbocycles. The Bertz CT molecular complexity index is 1080. The minimum absolute atomic E-state index is 0.0337. The second-order valence-electron chi connectivity index (χ2n) is 7.57. The zero-order chi connectivity index (χ0) is 23.6. The van der Waals surface area contributed by atoms with E-state index < -0.39 is 23.5 Å². The van der Waals surface area contributed by atoms with Crippen LogP contribution in [0.4, 0.5) is 0 Å². The summed E-state index contributed by atoms with van der Waals surface area (Å²) in [7, 11) is 6.69. The summed E-state index contributed by atoms with van der Waals surface area (Å²) < 4.78 is 10.7. The van der Waals surface area contributed by atoms with Crippen molar-refractivity contribution in [2.45, 2.75) is 6.04 Å². The highest BCUT2D eigenvalue weighted by Gasteiger charge is 2.46. The van der Waals surface area contributed by atoms with Crippen LogP contribution in [-0.2, 0) is 9.59 Å². The average molecular weight is 461 g/mol. The van der Waals surface area contributed by atoms with Gasteiger partial charge in [0.1, 0.15) is 11.5 Å². The third kappa shape index (κ3) is 4.37. The fraction of sp³-hybridized carbons (Fsp3) is 0.304.